The smallest absolute Gasteiger partial charge is 0.148 e. The molecule has 0 radical (unpaired) electrons. The van der Waals surface area contributed by atoms with Gasteiger partial charge in [0.2, 0.25) is 0 Å². The van der Waals surface area contributed by atoms with Crippen molar-refractivity contribution in [1.29, 1.82) is 0 Å². The summed E-state index contributed by atoms with van der Waals surface area (Å²) in [5.41, 5.74) is 1.07. The van der Waals surface area contributed by atoms with Gasteiger partial charge in [-0.3, -0.25) is 0 Å². The van der Waals surface area contributed by atoms with Crippen molar-refractivity contribution in [2.75, 3.05) is 13.1 Å². The fraction of sp³-hybridized carbons (Fsp3) is 0.429. The van der Waals surface area contributed by atoms with Crippen LogP contribution < -0.4 is 5.32 Å². The van der Waals surface area contributed by atoms with Crippen LogP contribution in [0, 0.1) is 3.57 Å². The maximum atomic E-state index is 6.05. The average Bonchev–Trinajstić information content (AvgIpc) is 2.90. The highest BCUT2D eigenvalue weighted by Crippen LogP contribution is 2.30. The lowest BCUT2D eigenvalue weighted by molar-refractivity contribution is 0.637. The van der Waals surface area contributed by atoms with Gasteiger partial charge in [0.05, 0.1) is 0 Å². The first-order valence-electron chi connectivity index (χ1n) is 6.69. The Hall–Kier alpha value is -0.240. The van der Waals surface area contributed by atoms with Crippen LogP contribution in [0.15, 0.2) is 18.2 Å². The lowest BCUT2D eigenvalue weighted by atomic mass is 10.2. The zero-order valence-corrected chi connectivity index (χ0v) is 15.1. The second kappa shape index (κ2) is 8.26. The summed E-state index contributed by atoms with van der Waals surface area (Å²) in [6.07, 6.45) is 3.25. The minimum absolute atomic E-state index is 0.737. The van der Waals surface area contributed by atoms with Gasteiger partial charge in [0.15, 0.2) is 0 Å². The minimum Gasteiger partial charge on any atom is -0.317 e. The summed E-state index contributed by atoms with van der Waals surface area (Å²) < 4.78 is 1.15. The number of hydrogen-bond donors (Lipinski definition) is 1. The van der Waals surface area contributed by atoms with E-state index in [1.165, 1.54) is 6.42 Å². The number of rotatable bonds is 7. The molecule has 1 aromatic heterocycles. The van der Waals surface area contributed by atoms with Crippen molar-refractivity contribution in [2.24, 2.45) is 0 Å². The molecule has 1 aromatic carbocycles. The van der Waals surface area contributed by atoms with Crippen LogP contribution in [0.5, 0.6) is 0 Å². The lowest BCUT2D eigenvalue weighted by Gasteiger charge is -2.00. The Balaban J connectivity index is 1.96. The Morgan fingerprint density at radius 1 is 1.30 bits per heavy atom. The van der Waals surface area contributed by atoms with Gasteiger partial charge in [0, 0.05) is 20.6 Å². The molecule has 2 rings (SSSR count). The molecule has 1 N–H and O–H groups in total. The largest absolute Gasteiger partial charge is 0.317 e. The maximum absolute atomic E-state index is 6.05. The molecule has 0 spiro atoms. The summed E-state index contributed by atoms with van der Waals surface area (Å²) in [5.74, 6) is 0. The van der Waals surface area contributed by atoms with E-state index in [1.54, 1.807) is 11.3 Å². The van der Waals surface area contributed by atoms with Gasteiger partial charge in [-0.25, -0.2) is 0 Å². The number of benzene rings is 1. The van der Waals surface area contributed by atoms with Crippen molar-refractivity contribution in [1.82, 2.24) is 15.5 Å². The Bertz CT molecular complexity index is 559. The second-order valence-corrected chi connectivity index (χ2v) is 7.14. The molecule has 0 amide bonds. The van der Waals surface area contributed by atoms with Gasteiger partial charge in [0.1, 0.15) is 10.0 Å². The summed E-state index contributed by atoms with van der Waals surface area (Å²) in [7, 11) is 0. The van der Waals surface area contributed by atoms with Crippen molar-refractivity contribution < 1.29 is 0 Å². The fourth-order valence-electron chi connectivity index (χ4n) is 1.79. The zero-order valence-electron chi connectivity index (χ0n) is 11.3. The molecule has 20 heavy (non-hydrogen) atoms. The second-order valence-electron chi connectivity index (χ2n) is 4.48. The predicted molar refractivity (Wildman–Crippen MR) is 94.6 cm³/mol. The molecule has 0 saturated carbocycles. The Morgan fingerprint density at radius 2 is 2.15 bits per heavy atom. The number of halogens is 2. The van der Waals surface area contributed by atoms with Crippen LogP contribution in [0.3, 0.4) is 0 Å². The summed E-state index contributed by atoms with van der Waals surface area (Å²) in [6, 6.07) is 5.86. The molecule has 3 nitrogen and oxygen atoms in total. The van der Waals surface area contributed by atoms with E-state index < -0.39 is 0 Å². The van der Waals surface area contributed by atoms with Crippen LogP contribution in [0.1, 0.15) is 24.8 Å². The SMILES string of the molecule is CCCNCCCc1nnc(-c2cc(Cl)ccc2I)s1. The Morgan fingerprint density at radius 3 is 2.95 bits per heavy atom. The topological polar surface area (TPSA) is 37.8 Å². The molecule has 0 aliphatic rings. The van der Waals surface area contributed by atoms with Gasteiger partial charge in [-0.1, -0.05) is 29.9 Å². The molecule has 0 atom stereocenters. The normalized spacial score (nSPS) is 10.9. The molecule has 108 valence electrons. The molecule has 0 fully saturated rings. The van der Waals surface area contributed by atoms with Crippen LogP contribution in [0.2, 0.25) is 5.02 Å². The van der Waals surface area contributed by atoms with Gasteiger partial charge >= 0.3 is 0 Å². The summed E-state index contributed by atoms with van der Waals surface area (Å²) in [4.78, 5) is 0. The molecule has 2 aromatic rings. The third kappa shape index (κ3) is 4.65. The van der Waals surface area contributed by atoms with Crippen molar-refractivity contribution in [3.63, 3.8) is 0 Å². The first kappa shape index (κ1) is 16.1. The number of hydrogen-bond acceptors (Lipinski definition) is 4. The van der Waals surface area contributed by atoms with Crippen LogP contribution >= 0.6 is 45.5 Å². The lowest BCUT2D eigenvalue weighted by Crippen LogP contribution is -2.16. The Kier molecular flexibility index (Phi) is 6.67. The highest BCUT2D eigenvalue weighted by Gasteiger charge is 2.10. The van der Waals surface area contributed by atoms with E-state index >= 15 is 0 Å². The van der Waals surface area contributed by atoms with Crippen LogP contribution in [-0.4, -0.2) is 23.3 Å². The summed E-state index contributed by atoms with van der Waals surface area (Å²) in [5, 5.41) is 14.7. The van der Waals surface area contributed by atoms with Gasteiger partial charge in [0.25, 0.3) is 0 Å². The first-order valence-corrected chi connectivity index (χ1v) is 8.96. The van der Waals surface area contributed by atoms with Crippen molar-refractivity contribution in [3.8, 4) is 10.6 Å². The molecule has 0 aliphatic heterocycles. The van der Waals surface area contributed by atoms with Gasteiger partial charge in [-0.2, -0.15) is 0 Å². The van der Waals surface area contributed by atoms with E-state index in [4.69, 9.17) is 11.6 Å². The number of aryl methyl sites for hydroxylation is 1. The number of aromatic nitrogens is 2. The standard InChI is InChI=1S/C14H17ClIN3S/c1-2-7-17-8-3-4-13-18-19-14(20-13)11-9-10(15)5-6-12(11)16/h5-6,9,17H,2-4,7-8H2,1H3. The number of nitrogens with one attached hydrogen (secondary N) is 1. The van der Waals surface area contributed by atoms with Gasteiger partial charge < -0.3 is 5.32 Å². The van der Waals surface area contributed by atoms with Gasteiger partial charge in [-0.05, 0) is 66.7 Å². The molecule has 0 aliphatic carbocycles. The first-order chi connectivity index (χ1) is 9.70. The molecule has 0 unspecified atom stereocenters. The minimum atomic E-state index is 0.737. The predicted octanol–water partition coefficient (Wildman–Crippen LogP) is 4.40. The summed E-state index contributed by atoms with van der Waals surface area (Å²) in [6.45, 7) is 4.30. The van der Waals surface area contributed by atoms with Gasteiger partial charge in [-0.15, -0.1) is 10.2 Å². The summed E-state index contributed by atoms with van der Waals surface area (Å²) >= 11 is 10.0. The molecule has 0 saturated heterocycles. The van der Waals surface area contributed by atoms with Crippen molar-refractivity contribution >= 4 is 45.5 Å². The molecule has 6 heteroatoms. The van der Waals surface area contributed by atoms with Crippen LogP contribution in [-0.2, 0) is 6.42 Å². The molecule has 0 bridgehead atoms. The van der Waals surface area contributed by atoms with E-state index in [9.17, 15) is 0 Å². The van der Waals surface area contributed by atoms with E-state index in [2.05, 4.69) is 45.0 Å². The quantitative estimate of drug-likeness (QED) is 0.532. The number of nitrogens with zero attached hydrogens (tertiary/aromatic N) is 2. The van der Waals surface area contributed by atoms with Crippen molar-refractivity contribution in [3.05, 3.63) is 31.8 Å². The monoisotopic (exact) mass is 421 g/mol. The molecular weight excluding hydrogens is 405 g/mol. The van der Waals surface area contributed by atoms with E-state index in [0.717, 1.165) is 50.1 Å². The van der Waals surface area contributed by atoms with Crippen LogP contribution in [0.4, 0.5) is 0 Å². The molecular formula is C14H17ClIN3S. The highest BCUT2D eigenvalue weighted by molar-refractivity contribution is 14.1. The van der Waals surface area contributed by atoms with Crippen LogP contribution in [0.25, 0.3) is 10.6 Å². The Labute approximate surface area is 142 Å². The van der Waals surface area contributed by atoms with Crippen molar-refractivity contribution in [2.45, 2.75) is 26.2 Å². The highest BCUT2D eigenvalue weighted by atomic mass is 127. The zero-order chi connectivity index (χ0) is 14.4. The third-order valence-electron chi connectivity index (χ3n) is 2.80. The van der Waals surface area contributed by atoms with E-state index in [1.807, 2.05) is 18.2 Å². The average molecular weight is 422 g/mol. The van der Waals surface area contributed by atoms with E-state index in [-0.39, 0.29) is 0 Å². The van der Waals surface area contributed by atoms with E-state index in [0.29, 0.717) is 0 Å². The molecule has 1 heterocycles. The maximum Gasteiger partial charge on any atom is 0.148 e. The third-order valence-corrected chi connectivity index (χ3v) is 4.99. The fourth-order valence-corrected chi connectivity index (χ4v) is 3.65.